The summed E-state index contributed by atoms with van der Waals surface area (Å²) in [6, 6.07) is 7.48. The molecule has 0 bridgehead atoms. The maximum atomic E-state index is 10.2. The van der Waals surface area contributed by atoms with Crippen LogP contribution in [0.3, 0.4) is 0 Å². The van der Waals surface area contributed by atoms with E-state index in [1.807, 2.05) is 29.6 Å². The van der Waals surface area contributed by atoms with Crippen LogP contribution >= 0.6 is 27.3 Å². The summed E-state index contributed by atoms with van der Waals surface area (Å²) in [7, 11) is 0. The monoisotopic (exact) mass is 327 g/mol. The fourth-order valence-corrected chi connectivity index (χ4v) is 2.78. The van der Waals surface area contributed by atoms with Gasteiger partial charge in [0.05, 0.1) is 6.61 Å². The summed E-state index contributed by atoms with van der Waals surface area (Å²) in [5.74, 6) is 0.827. The third-order valence-corrected chi connectivity index (χ3v) is 4.00. The number of halogens is 1. The summed E-state index contributed by atoms with van der Waals surface area (Å²) < 4.78 is 6.25. The molecule has 0 aliphatic heterocycles. The number of rotatable bonds is 5. The van der Waals surface area contributed by atoms with Gasteiger partial charge in [-0.1, -0.05) is 19.1 Å². The molecule has 5 heteroatoms. The smallest absolute Gasteiger partial charge is 0.131 e. The van der Waals surface area contributed by atoms with Gasteiger partial charge in [-0.3, -0.25) is 0 Å². The molecule has 1 aromatic carbocycles. The topological polar surface area (TPSA) is 42.4 Å². The zero-order chi connectivity index (χ0) is 13.0. The lowest BCUT2D eigenvalue weighted by molar-refractivity contribution is 0.219. The van der Waals surface area contributed by atoms with E-state index in [9.17, 15) is 5.11 Å². The van der Waals surface area contributed by atoms with Crippen molar-refractivity contribution in [3.8, 4) is 5.75 Å². The van der Waals surface area contributed by atoms with Crippen molar-refractivity contribution in [2.24, 2.45) is 0 Å². The number of aromatic nitrogens is 1. The maximum absolute atomic E-state index is 10.2. The number of benzene rings is 1. The Labute approximate surface area is 119 Å². The normalized spacial score (nSPS) is 12.4. The van der Waals surface area contributed by atoms with E-state index in [1.165, 1.54) is 11.3 Å². The van der Waals surface area contributed by atoms with Crippen molar-refractivity contribution in [2.75, 3.05) is 6.61 Å². The van der Waals surface area contributed by atoms with Crippen LogP contribution in [0, 0.1) is 0 Å². The van der Waals surface area contributed by atoms with Crippen LogP contribution in [0.4, 0.5) is 0 Å². The molecule has 1 unspecified atom stereocenters. The van der Waals surface area contributed by atoms with Crippen LogP contribution in [0.2, 0.25) is 0 Å². The van der Waals surface area contributed by atoms with Crippen molar-refractivity contribution in [1.29, 1.82) is 0 Å². The van der Waals surface area contributed by atoms with Gasteiger partial charge in [-0.05, 0) is 40.0 Å². The predicted octanol–water partition coefficient (Wildman–Crippen LogP) is 3.78. The molecule has 1 atom stereocenters. The van der Waals surface area contributed by atoms with Crippen molar-refractivity contribution in [3.05, 3.63) is 44.8 Å². The Morgan fingerprint density at radius 2 is 2.11 bits per heavy atom. The molecule has 0 radical (unpaired) electrons. The van der Waals surface area contributed by atoms with E-state index in [0.717, 1.165) is 22.3 Å². The fraction of sp³-hybridized carbons (Fsp3) is 0.308. The SMILES string of the molecule is CCCOc1ccc(C(O)c2nc(Br)cs2)cc1. The quantitative estimate of drug-likeness (QED) is 0.908. The highest BCUT2D eigenvalue weighted by atomic mass is 79.9. The van der Waals surface area contributed by atoms with Crippen molar-refractivity contribution in [2.45, 2.75) is 19.4 Å². The molecule has 18 heavy (non-hydrogen) atoms. The number of hydrogen-bond donors (Lipinski definition) is 1. The van der Waals surface area contributed by atoms with Crippen molar-refractivity contribution >= 4 is 27.3 Å². The molecule has 0 saturated heterocycles. The first-order chi connectivity index (χ1) is 8.70. The van der Waals surface area contributed by atoms with E-state index < -0.39 is 6.10 Å². The third-order valence-electron chi connectivity index (χ3n) is 2.40. The Morgan fingerprint density at radius 3 is 2.67 bits per heavy atom. The molecule has 0 spiro atoms. The van der Waals surface area contributed by atoms with E-state index in [2.05, 4.69) is 27.8 Å². The molecule has 1 aromatic heterocycles. The molecule has 3 nitrogen and oxygen atoms in total. The molecule has 0 saturated carbocycles. The number of aliphatic hydroxyl groups is 1. The average molecular weight is 328 g/mol. The molecule has 0 aliphatic carbocycles. The summed E-state index contributed by atoms with van der Waals surface area (Å²) in [5, 5.41) is 12.7. The van der Waals surface area contributed by atoms with Crippen LogP contribution in [0.1, 0.15) is 30.0 Å². The van der Waals surface area contributed by atoms with Crippen molar-refractivity contribution in [1.82, 2.24) is 4.98 Å². The van der Waals surface area contributed by atoms with Gasteiger partial charge < -0.3 is 9.84 Å². The van der Waals surface area contributed by atoms with Crippen LogP contribution in [-0.2, 0) is 0 Å². The first-order valence-electron chi connectivity index (χ1n) is 5.72. The van der Waals surface area contributed by atoms with Gasteiger partial charge in [-0.25, -0.2) is 4.98 Å². The number of thiazole rings is 1. The van der Waals surface area contributed by atoms with E-state index in [0.29, 0.717) is 11.6 Å². The molecule has 2 aromatic rings. The van der Waals surface area contributed by atoms with Gasteiger partial charge in [0.2, 0.25) is 0 Å². The summed E-state index contributed by atoms with van der Waals surface area (Å²) in [4.78, 5) is 4.21. The van der Waals surface area contributed by atoms with E-state index in [4.69, 9.17) is 4.74 Å². The molecule has 0 fully saturated rings. The van der Waals surface area contributed by atoms with Gasteiger partial charge >= 0.3 is 0 Å². The largest absolute Gasteiger partial charge is 0.494 e. The molecular formula is C13H14BrNO2S. The lowest BCUT2D eigenvalue weighted by atomic mass is 10.1. The second kappa shape index (κ2) is 6.31. The molecule has 1 N–H and O–H groups in total. The number of ether oxygens (including phenoxy) is 1. The molecule has 96 valence electrons. The summed E-state index contributed by atoms with van der Waals surface area (Å²) >= 11 is 4.71. The fourth-order valence-electron chi connectivity index (χ4n) is 1.50. The van der Waals surface area contributed by atoms with Crippen LogP contribution < -0.4 is 4.74 Å². The summed E-state index contributed by atoms with van der Waals surface area (Å²) in [5.41, 5.74) is 0.820. The van der Waals surface area contributed by atoms with Gasteiger partial charge in [0.25, 0.3) is 0 Å². The summed E-state index contributed by atoms with van der Waals surface area (Å²) in [6.45, 7) is 2.78. The van der Waals surface area contributed by atoms with Gasteiger partial charge in [0.1, 0.15) is 21.5 Å². The molecular weight excluding hydrogens is 314 g/mol. The first-order valence-corrected chi connectivity index (χ1v) is 7.39. The molecule has 0 aliphatic rings. The highest BCUT2D eigenvalue weighted by Crippen LogP contribution is 2.27. The van der Waals surface area contributed by atoms with Crippen molar-refractivity contribution < 1.29 is 9.84 Å². The predicted molar refractivity (Wildman–Crippen MR) is 76.1 cm³/mol. The minimum absolute atomic E-state index is 0.679. The number of aliphatic hydroxyl groups excluding tert-OH is 1. The van der Waals surface area contributed by atoms with Gasteiger partial charge in [-0.2, -0.15) is 0 Å². The lowest BCUT2D eigenvalue weighted by Gasteiger charge is -2.09. The van der Waals surface area contributed by atoms with Gasteiger partial charge in [-0.15, -0.1) is 11.3 Å². The second-order valence-electron chi connectivity index (χ2n) is 3.83. The molecule has 0 amide bonds. The van der Waals surface area contributed by atoms with Crippen LogP contribution in [0.25, 0.3) is 0 Å². The molecule has 1 heterocycles. The summed E-state index contributed by atoms with van der Waals surface area (Å²) in [6.07, 6.45) is 0.305. The third kappa shape index (κ3) is 3.31. The van der Waals surface area contributed by atoms with E-state index in [-0.39, 0.29) is 0 Å². The number of nitrogens with zero attached hydrogens (tertiary/aromatic N) is 1. The first kappa shape index (κ1) is 13.5. The minimum atomic E-state index is -0.679. The highest BCUT2D eigenvalue weighted by molar-refractivity contribution is 9.10. The van der Waals surface area contributed by atoms with Gasteiger partial charge in [0.15, 0.2) is 0 Å². The van der Waals surface area contributed by atoms with Crippen LogP contribution in [-0.4, -0.2) is 16.7 Å². The standard InChI is InChI=1S/C13H14BrNO2S/c1-2-7-17-10-5-3-9(4-6-10)12(16)13-15-11(14)8-18-13/h3-6,8,12,16H,2,7H2,1H3. The Hall–Kier alpha value is -0.910. The zero-order valence-electron chi connectivity index (χ0n) is 9.97. The Kier molecular flexibility index (Phi) is 4.74. The zero-order valence-corrected chi connectivity index (χ0v) is 12.4. The number of hydrogen-bond acceptors (Lipinski definition) is 4. The van der Waals surface area contributed by atoms with E-state index >= 15 is 0 Å². The molecule has 2 rings (SSSR count). The maximum Gasteiger partial charge on any atom is 0.131 e. The van der Waals surface area contributed by atoms with Crippen LogP contribution in [0.5, 0.6) is 5.75 Å². The second-order valence-corrected chi connectivity index (χ2v) is 5.53. The Morgan fingerprint density at radius 1 is 1.39 bits per heavy atom. The average Bonchev–Trinajstić information content (AvgIpc) is 2.83. The van der Waals surface area contributed by atoms with Crippen LogP contribution in [0.15, 0.2) is 34.2 Å². The lowest BCUT2D eigenvalue weighted by Crippen LogP contribution is -2.00. The van der Waals surface area contributed by atoms with E-state index in [1.54, 1.807) is 0 Å². The Bertz CT molecular complexity index is 498. The highest BCUT2D eigenvalue weighted by Gasteiger charge is 2.14. The van der Waals surface area contributed by atoms with Gasteiger partial charge in [0, 0.05) is 5.38 Å². The minimum Gasteiger partial charge on any atom is -0.494 e. The Balaban J connectivity index is 2.09. The van der Waals surface area contributed by atoms with Crippen molar-refractivity contribution in [3.63, 3.8) is 0 Å².